The molecule has 2 heterocycles. The Bertz CT molecular complexity index is 998. The fourth-order valence-corrected chi connectivity index (χ4v) is 3.71. The Kier molecular flexibility index (Phi) is 5.85. The highest BCUT2D eigenvalue weighted by atomic mass is 32.2. The Morgan fingerprint density at radius 1 is 1.15 bits per heavy atom. The number of aryl methyl sites for hydroxylation is 1. The second-order valence-electron chi connectivity index (χ2n) is 6.25. The Morgan fingerprint density at radius 3 is 2.73 bits per heavy atom. The minimum atomic E-state index is -3.39. The average molecular weight is 376 g/mol. The SMILES string of the molecule is CCOCc1nc2cnc3ccccc3c2n1CCCCCS(N)(=O)=O. The topological polar surface area (TPSA) is 100 Å². The normalized spacial score (nSPS) is 12.2. The molecular formula is C18H24N4O3S. The molecular weight excluding hydrogens is 352 g/mol. The number of primary sulfonamides is 1. The van der Waals surface area contributed by atoms with Crippen molar-refractivity contribution in [1.29, 1.82) is 0 Å². The Labute approximate surface area is 153 Å². The molecule has 2 aromatic heterocycles. The van der Waals surface area contributed by atoms with E-state index < -0.39 is 10.0 Å². The van der Waals surface area contributed by atoms with Crippen LogP contribution in [0.3, 0.4) is 0 Å². The van der Waals surface area contributed by atoms with Crippen LogP contribution in [0.2, 0.25) is 0 Å². The number of hydrogen-bond donors (Lipinski definition) is 1. The van der Waals surface area contributed by atoms with Crippen molar-refractivity contribution in [2.75, 3.05) is 12.4 Å². The van der Waals surface area contributed by atoms with Crippen molar-refractivity contribution in [3.05, 3.63) is 36.3 Å². The first kappa shape index (κ1) is 18.8. The smallest absolute Gasteiger partial charge is 0.209 e. The van der Waals surface area contributed by atoms with Gasteiger partial charge in [-0.25, -0.2) is 18.5 Å². The summed E-state index contributed by atoms with van der Waals surface area (Å²) < 4.78 is 29.9. The largest absolute Gasteiger partial charge is 0.374 e. The van der Waals surface area contributed by atoms with Crippen LogP contribution in [0.15, 0.2) is 30.5 Å². The maximum atomic E-state index is 11.1. The van der Waals surface area contributed by atoms with Crippen LogP contribution in [-0.2, 0) is 27.9 Å². The van der Waals surface area contributed by atoms with Gasteiger partial charge in [-0.3, -0.25) is 4.98 Å². The van der Waals surface area contributed by atoms with Gasteiger partial charge in [-0.2, -0.15) is 0 Å². The zero-order valence-electron chi connectivity index (χ0n) is 14.9. The fourth-order valence-electron chi connectivity index (χ4n) is 3.10. The molecule has 26 heavy (non-hydrogen) atoms. The minimum absolute atomic E-state index is 0.0241. The number of unbranched alkanes of at least 4 members (excludes halogenated alkanes) is 2. The van der Waals surface area contributed by atoms with Gasteiger partial charge in [0.1, 0.15) is 17.9 Å². The second-order valence-corrected chi connectivity index (χ2v) is 7.99. The van der Waals surface area contributed by atoms with Gasteiger partial charge in [-0.05, 0) is 25.8 Å². The lowest BCUT2D eigenvalue weighted by atomic mass is 10.2. The van der Waals surface area contributed by atoms with Crippen molar-refractivity contribution in [2.24, 2.45) is 5.14 Å². The summed E-state index contributed by atoms with van der Waals surface area (Å²) in [5.41, 5.74) is 2.83. The van der Waals surface area contributed by atoms with E-state index in [-0.39, 0.29) is 5.75 Å². The second kappa shape index (κ2) is 8.11. The predicted molar refractivity (Wildman–Crippen MR) is 102 cm³/mol. The molecule has 7 nitrogen and oxygen atoms in total. The third-order valence-corrected chi connectivity index (χ3v) is 5.16. The number of imidazole rings is 1. The van der Waals surface area contributed by atoms with E-state index in [1.165, 1.54) is 0 Å². The number of para-hydroxylation sites is 1. The first-order valence-corrected chi connectivity index (χ1v) is 10.5. The molecule has 0 radical (unpaired) electrons. The third-order valence-electron chi connectivity index (χ3n) is 4.30. The van der Waals surface area contributed by atoms with Crippen LogP contribution in [0.1, 0.15) is 32.0 Å². The molecule has 3 rings (SSSR count). The summed E-state index contributed by atoms with van der Waals surface area (Å²) in [6, 6.07) is 8.00. The van der Waals surface area contributed by atoms with Crippen LogP contribution < -0.4 is 5.14 Å². The lowest BCUT2D eigenvalue weighted by Gasteiger charge is -2.10. The zero-order chi connectivity index (χ0) is 18.6. The first-order chi connectivity index (χ1) is 12.5. The summed E-state index contributed by atoms with van der Waals surface area (Å²) in [7, 11) is -3.39. The Morgan fingerprint density at radius 2 is 1.96 bits per heavy atom. The van der Waals surface area contributed by atoms with Crippen LogP contribution in [0.5, 0.6) is 0 Å². The molecule has 140 valence electrons. The number of nitrogens with two attached hydrogens (primary N) is 1. The molecule has 8 heteroatoms. The first-order valence-electron chi connectivity index (χ1n) is 8.80. The lowest BCUT2D eigenvalue weighted by Crippen LogP contribution is -2.16. The quantitative estimate of drug-likeness (QED) is 0.579. The number of pyridine rings is 1. The highest BCUT2D eigenvalue weighted by molar-refractivity contribution is 7.89. The molecule has 0 aliphatic heterocycles. The van der Waals surface area contributed by atoms with Crippen molar-refractivity contribution in [2.45, 2.75) is 39.3 Å². The molecule has 0 saturated heterocycles. The molecule has 0 spiro atoms. The van der Waals surface area contributed by atoms with Gasteiger partial charge in [-0.1, -0.05) is 24.6 Å². The fraction of sp³-hybridized carbons (Fsp3) is 0.444. The Hall–Kier alpha value is -2.03. The van der Waals surface area contributed by atoms with Crippen LogP contribution >= 0.6 is 0 Å². The molecule has 0 aliphatic carbocycles. The van der Waals surface area contributed by atoms with E-state index in [9.17, 15) is 8.42 Å². The van der Waals surface area contributed by atoms with E-state index in [1.807, 2.05) is 31.2 Å². The van der Waals surface area contributed by atoms with Gasteiger partial charge in [0.25, 0.3) is 0 Å². The van der Waals surface area contributed by atoms with Crippen molar-refractivity contribution in [3.8, 4) is 0 Å². The van der Waals surface area contributed by atoms with Crippen LogP contribution in [0, 0.1) is 0 Å². The summed E-state index contributed by atoms with van der Waals surface area (Å²) >= 11 is 0. The molecule has 0 aliphatic rings. The van der Waals surface area contributed by atoms with Crippen LogP contribution in [0.25, 0.3) is 21.9 Å². The number of fused-ring (bicyclic) bond motifs is 3. The van der Waals surface area contributed by atoms with E-state index in [0.29, 0.717) is 19.6 Å². The third kappa shape index (κ3) is 4.38. The monoisotopic (exact) mass is 376 g/mol. The molecule has 3 aromatic rings. The molecule has 0 atom stereocenters. The van der Waals surface area contributed by atoms with Gasteiger partial charge >= 0.3 is 0 Å². The summed E-state index contributed by atoms with van der Waals surface area (Å²) in [6.07, 6.45) is 3.99. The van der Waals surface area contributed by atoms with Crippen molar-refractivity contribution in [1.82, 2.24) is 14.5 Å². The summed E-state index contributed by atoms with van der Waals surface area (Å²) in [4.78, 5) is 9.18. The number of sulfonamides is 1. The number of aromatic nitrogens is 3. The van der Waals surface area contributed by atoms with Gasteiger partial charge in [-0.15, -0.1) is 0 Å². The maximum Gasteiger partial charge on any atom is 0.209 e. The van der Waals surface area contributed by atoms with Crippen LogP contribution in [0.4, 0.5) is 0 Å². The van der Waals surface area contributed by atoms with Gasteiger partial charge < -0.3 is 9.30 Å². The predicted octanol–water partition coefficient (Wildman–Crippen LogP) is 2.58. The molecule has 2 N–H and O–H groups in total. The lowest BCUT2D eigenvalue weighted by molar-refractivity contribution is 0.126. The molecule has 0 bridgehead atoms. The van der Waals surface area contributed by atoms with E-state index in [2.05, 4.69) is 9.55 Å². The van der Waals surface area contributed by atoms with Crippen LogP contribution in [-0.4, -0.2) is 35.3 Å². The zero-order valence-corrected chi connectivity index (χ0v) is 15.7. The van der Waals surface area contributed by atoms with Crippen molar-refractivity contribution < 1.29 is 13.2 Å². The number of nitrogens with zero attached hydrogens (tertiary/aromatic N) is 3. The van der Waals surface area contributed by atoms with Gasteiger partial charge in [0.2, 0.25) is 10.0 Å². The van der Waals surface area contributed by atoms with Gasteiger partial charge in [0.15, 0.2) is 0 Å². The molecule has 0 unspecified atom stereocenters. The minimum Gasteiger partial charge on any atom is -0.374 e. The van der Waals surface area contributed by atoms with E-state index in [0.717, 1.165) is 47.1 Å². The van der Waals surface area contributed by atoms with E-state index >= 15 is 0 Å². The van der Waals surface area contributed by atoms with Crippen molar-refractivity contribution >= 4 is 32.0 Å². The van der Waals surface area contributed by atoms with Crippen molar-refractivity contribution in [3.63, 3.8) is 0 Å². The van der Waals surface area contributed by atoms with Gasteiger partial charge in [0, 0.05) is 18.5 Å². The highest BCUT2D eigenvalue weighted by Gasteiger charge is 2.14. The maximum absolute atomic E-state index is 11.1. The molecule has 0 amide bonds. The molecule has 0 saturated carbocycles. The summed E-state index contributed by atoms with van der Waals surface area (Å²) in [5.74, 6) is 0.891. The number of benzene rings is 1. The van der Waals surface area contributed by atoms with E-state index in [4.69, 9.17) is 14.9 Å². The number of hydrogen-bond acceptors (Lipinski definition) is 5. The van der Waals surface area contributed by atoms with Gasteiger partial charge in [0.05, 0.1) is 23.0 Å². The standard InChI is InChI=1S/C18H24N4O3S/c1-2-25-13-17-21-16-12-20-15-9-5-4-8-14(15)18(16)22(17)10-6-3-7-11-26(19,23)24/h4-5,8-9,12H,2-3,6-7,10-11,13H2,1H3,(H2,19,23,24). The summed E-state index contributed by atoms with van der Waals surface area (Å²) in [6.45, 7) is 3.77. The van der Waals surface area contributed by atoms with E-state index in [1.54, 1.807) is 6.20 Å². The Balaban J connectivity index is 1.88. The number of ether oxygens (including phenoxy) is 1. The average Bonchev–Trinajstić information content (AvgIpc) is 2.96. The summed E-state index contributed by atoms with van der Waals surface area (Å²) in [5, 5.41) is 6.12. The highest BCUT2D eigenvalue weighted by Crippen LogP contribution is 2.25. The molecule has 0 fully saturated rings. The molecule has 1 aromatic carbocycles. The number of rotatable bonds is 9.